The molecule has 4 aromatic rings. The summed E-state index contributed by atoms with van der Waals surface area (Å²) >= 11 is 1.26. The Morgan fingerprint density at radius 1 is 0.974 bits per heavy atom. The first kappa shape index (κ1) is 23.8. The maximum atomic E-state index is 13.5. The van der Waals surface area contributed by atoms with Crippen LogP contribution in [-0.4, -0.2) is 49.2 Å². The molecule has 38 heavy (non-hydrogen) atoms. The van der Waals surface area contributed by atoms with E-state index in [-0.39, 0.29) is 11.3 Å². The van der Waals surface area contributed by atoms with Gasteiger partial charge in [-0.3, -0.25) is 14.5 Å². The number of carbonyl (C=O) groups is 2. The number of benzene rings is 3. The van der Waals surface area contributed by atoms with Gasteiger partial charge in [-0.05, 0) is 54.1 Å². The Morgan fingerprint density at radius 3 is 2.53 bits per heavy atom. The fourth-order valence-corrected chi connectivity index (χ4v) is 5.65. The normalized spacial score (nSPS) is 18.2. The second-order valence-corrected chi connectivity index (χ2v) is 9.64. The van der Waals surface area contributed by atoms with E-state index in [0.717, 1.165) is 4.70 Å². The minimum atomic E-state index is -0.944. The van der Waals surface area contributed by atoms with E-state index >= 15 is 0 Å². The Hall–Kier alpha value is -4.57. The molecule has 9 nitrogen and oxygen atoms in total. The molecule has 1 saturated heterocycles. The van der Waals surface area contributed by atoms with Crippen molar-refractivity contribution >= 4 is 44.1 Å². The lowest BCUT2D eigenvalue weighted by Gasteiger charge is -2.23. The number of thiazole rings is 1. The number of nitrogens with zero attached hydrogens (tertiary/aromatic N) is 2. The molecule has 2 aliphatic rings. The standard InChI is InChI=1S/C28H22N2O7S/c1-34-17-5-3-4-15(12-17)24-23(25(31)16-6-9-20-21(13-16)37-11-10-36-20)26(32)27(33)30(24)28-29-19-8-7-18(35-2)14-22(19)38-28/h3-9,12-14,24,31H,10-11H2,1-2H3/b25-23+/t24-/m1/s1. The van der Waals surface area contributed by atoms with Gasteiger partial charge >= 0.3 is 5.91 Å². The number of carbonyl (C=O) groups excluding carboxylic acids is 2. The molecule has 0 spiro atoms. The van der Waals surface area contributed by atoms with E-state index in [1.54, 1.807) is 61.7 Å². The van der Waals surface area contributed by atoms with Gasteiger partial charge in [0.1, 0.15) is 30.5 Å². The van der Waals surface area contributed by atoms with Crippen LogP contribution in [-0.2, 0) is 9.59 Å². The second kappa shape index (κ2) is 9.38. The Morgan fingerprint density at radius 2 is 1.74 bits per heavy atom. The number of amides is 1. The minimum absolute atomic E-state index is 0.0585. The summed E-state index contributed by atoms with van der Waals surface area (Å²) in [6.45, 7) is 0.793. The lowest BCUT2D eigenvalue weighted by Crippen LogP contribution is -2.29. The molecule has 0 unspecified atom stereocenters. The molecule has 3 aromatic carbocycles. The molecule has 1 N–H and O–H groups in total. The molecule has 0 aliphatic carbocycles. The Labute approximate surface area is 221 Å². The zero-order chi connectivity index (χ0) is 26.4. The number of rotatable bonds is 5. The average Bonchev–Trinajstić information content (AvgIpc) is 3.49. The summed E-state index contributed by atoms with van der Waals surface area (Å²) in [6, 6.07) is 16.4. The first-order chi connectivity index (χ1) is 18.5. The summed E-state index contributed by atoms with van der Waals surface area (Å²) in [5.74, 6) is 0.262. The zero-order valence-corrected chi connectivity index (χ0v) is 21.3. The van der Waals surface area contributed by atoms with Crippen LogP contribution in [0, 0.1) is 0 Å². The summed E-state index contributed by atoms with van der Waals surface area (Å²) in [5.41, 5.74) is 1.51. The molecule has 0 bridgehead atoms. The molecule has 1 fully saturated rings. The number of hydrogen-bond acceptors (Lipinski definition) is 9. The third-order valence-corrected chi connectivity index (χ3v) is 7.48. The van der Waals surface area contributed by atoms with Crippen molar-refractivity contribution in [1.29, 1.82) is 0 Å². The van der Waals surface area contributed by atoms with Crippen LogP contribution in [0.15, 0.2) is 66.2 Å². The van der Waals surface area contributed by atoms with Gasteiger partial charge in [-0.25, -0.2) is 4.98 Å². The monoisotopic (exact) mass is 530 g/mol. The molecule has 0 saturated carbocycles. The van der Waals surface area contributed by atoms with Crippen molar-refractivity contribution < 1.29 is 33.6 Å². The van der Waals surface area contributed by atoms with Crippen LogP contribution in [0.1, 0.15) is 17.2 Å². The van der Waals surface area contributed by atoms with Crippen molar-refractivity contribution in [2.75, 3.05) is 32.3 Å². The third kappa shape index (κ3) is 3.90. The van der Waals surface area contributed by atoms with E-state index in [1.165, 1.54) is 23.3 Å². The van der Waals surface area contributed by atoms with Gasteiger partial charge in [0.2, 0.25) is 0 Å². The summed E-state index contributed by atoms with van der Waals surface area (Å²) in [6.07, 6.45) is 0. The minimum Gasteiger partial charge on any atom is -0.507 e. The number of aliphatic hydroxyl groups excluding tert-OH is 1. The summed E-state index contributed by atoms with van der Waals surface area (Å²) in [7, 11) is 3.11. The predicted octanol–water partition coefficient (Wildman–Crippen LogP) is 4.71. The van der Waals surface area contributed by atoms with Crippen LogP contribution in [0.4, 0.5) is 5.13 Å². The molecule has 6 rings (SSSR count). The van der Waals surface area contributed by atoms with Crippen molar-refractivity contribution in [2.24, 2.45) is 0 Å². The molecule has 2 aliphatic heterocycles. The van der Waals surface area contributed by atoms with Gasteiger partial charge in [-0.2, -0.15) is 0 Å². The van der Waals surface area contributed by atoms with Gasteiger partial charge in [-0.1, -0.05) is 23.5 Å². The number of aliphatic hydroxyl groups is 1. The highest BCUT2D eigenvalue weighted by Gasteiger charge is 2.48. The van der Waals surface area contributed by atoms with E-state index in [9.17, 15) is 14.7 Å². The fraction of sp³-hybridized carbons (Fsp3) is 0.179. The summed E-state index contributed by atoms with van der Waals surface area (Å²) in [5, 5.41) is 11.8. The Balaban J connectivity index is 1.54. The van der Waals surface area contributed by atoms with E-state index in [1.807, 2.05) is 6.07 Å². The van der Waals surface area contributed by atoms with Crippen LogP contribution >= 0.6 is 11.3 Å². The number of ketones is 1. The number of anilines is 1. The van der Waals surface area contributed by atoms with E-state index in [0.29, 0.717) is 58.0 Å². The van der Waals surface area contributed by atoms with E-state index < -0.39 is 17.7 Å². The lowest BCUT2D eigenvalue weighted by atomic mass is 9.95. The molecule has 0 radical (unpaired) electrons. The number of hydrogen-bond donors (Lipinski definition) is 1. The van der Waals surface area contributed by atoms with Gasteiger partial charge in [-0.15, -0.1) is 0 Å². The zero-order valence-electron chi connectivity index (χ0n) is 20.5. The molecule has 1 aromatic heterocycles. The topological polar surface area (TPSA) is 107 Å². The van der Waals surface area contributed by atoms with Gasteiger partial charge in [0.05, 0.1) is 36.1 Å². The average molecular weight is 531 g/mol. The number of aromatic nitrogens is 1. The number of ether oxygens (including phenoxy) is 4. The van der Waals surface area contributed by atoms with Crippen LogP contribution in [0.2, 0.25) is 0 Å². The maximum absolute atomic E-state index is 13.5. The maximum Gasteiger partial charge on any atom is 0.301 e. The van der Waals surface area contributed by atoms with Gasteiger partial charge < -0.3 is 24.1 Å². The van der Waals surface area contributed by atoms with Crippen molar-refractivity contribution in [3.05, 3.63) is 77.4 Å². The SMILES string of the molecule is COc1cccc([C@@H]2/C(=C(\O)c3ccc4c(c3)OCCO4)C(=O)C(=O)N2c2nc3ccc(OC)cc3s2)c1. The Kier molecular flexibility index (Phi) is 5.88. The summed E-state index contributed by atoms with van der Waals surface area (Å²) < 4.78 is 22.7. The summed E-state index contributed by atoms with van der Waals surface area (Å²) in [4.78, 5) is 33.0. The van der Waals surface area contributed by atoms with Crippen LogP contribution in [0.25, 0.3) is 16.0 Å². The quantitative estimate of drug-likeness (QED) is 0.225. The third-order valence-electron chi connectivity index (χ3n) is 6.46. The van der Waals surface area contributed by atoms with Crippen molar-refractivity contribution in [1.82, 2.24) is 4.98 Å². The largest absolute Gasteiger partial charge is 0.507 e. The molecule has 192 valence electrons. The highest BCUT2D eigenvalue weighted by Crippen LogP contribution is 2.45. The van der Waals surface area contributed by atoms with Crippen LogP contribution in [0.5, 0.6) is 23.0 Å². The molecular formula is C28H22N2O7S. The number of methoxy groups -OCH3 is 2. The molecule has 10 heteroatoms. The highest BCUT2D eigenvalue weighted by atomic mass is 32.1. The fourth-order valence-electron chi connectivity index (χ4n) is 4.63. The first-order valence-corrected chi connectivity index (χ1v) is 12.6. The number of fused-ring (bicyclic) bond motifs is 2. The van der Waals surface area contributed by atoms with Crippen molar-refractivity contribution in [3.63, 3.8) is 0 Å². The Bertz CT molecular complexity index is 1630. The highest BCUT2D eigenvalue weighted by molar-refractivity contribution is 7.22. The predicted molar refractivity (Wildman–Crippen MR) is 141 cm³/mol. The molecule has 1 amide bonds. The van der Waals surface area contributed by atoms with Crippen LogP contribution in [0.3, 0.4) is 0 Å². The van der Waals surface area contributed by atoms with E-state index in [2.05, 4.69) is 4.98 Å². The number of Topliss-reactive ketones (excluding diaryl/α,β-unsaturated/α-hetero) is 1. The van der Waals surface area contributed by atoms with Crippen molar-refractivity contribution in [3.8, 4) is 23.0 Å². The van der Waals surface area contributed by atoms with Gasteiger partial charge in [0, 0.05) is 5.56 Å². The molecule has 3 heterocycles. The van der Waals surface area contributed by atoms with Crippen LogP contribution < -0.4 is 23.8 Å². The van der Waals surface area contributed by atoms with Gasteiger partial charge in [0.25, 0.3) is 5.78 Å². The van der Waals surface area contributed by atoms with Gasteiger partial charge in [0.15, 0.2) is 16.6 Å². The lowest BCUT2D eigenvalue weighted by molar-refractivity contribution is -0.132. The van der Waals surface area contributed by atoms with Crippen molar-refractivity contribution in [2.45, 2.75) is 6.04 Å². The molecule has 1 atom stereocenters. The smallest absolute Gasteiger partial charge is 0.301 e. The van der Waals surface area contributed by atoms with E-state index in [4.69, 9.17) is 18.9 Å². The second-order valence-electron chi connectivity index (χ2n) is 8.63. The first-order valence-electron chi connectivity index (χ1n) is 11.8. The molecular weight excluding hydrogens is 508 g/mol.